The molecule has 1 N–H and O–H groups in total. The molecule has 0 aromatic heterocycles. The molecule has 15 heavy (non-hydrogen) atoms. The number of benzene rings is 1. The fourth-order valence-electron chi connectivity index (χ4n) is 1.04. The third kappa shape index (κ3) is 2.93. The van der Waals surface area contributed by atoms with Crippen molar-refractivity contribution in [2.24, 2.45) is 0 Å². The van der Waals surface area contributed by atoms with Gasteiger partial charge >= 0.3 is 0 Å². The molecule has 0 radical (unpaired) electrons. The minimum atomic E-state index is -0.610. The summed E-state index contributed by atoms with van der Waals surface area (Å²) in [6.07, 6.45) is -0.0446. The topological polar surface area (TPSA) is 53.2 Å². The highest BCUT2D eigenvalue weighted by Gasteiger charge is 2.10. The Morgan fingerprint density at radius 1 is 1.60 bits per heavy atom. The van der Waals surface area contributed by atoms with Gasteiger partial charge in [-0.2, -0.15) is 5.26 Å². The second-order valence-corrected chi connectivity index (χ2v) is 3.10. The van der Waals surface area contributed by atoms with Gasteiger partial charge < -0.3 is 9.84 Å². The van der Waals surface area contributed by atoms with E-state index in [9.17, 15) is 9.50 Å². The first-order valence-electron chi connectivity index (χ1n) is 4.68. The Morgan fingerprint density at radius 2 is 2.33 bits per heavy atom. The Bertz CT molecular complexity index is 373. The summed E-state index contributed by atoms with van der Waals surface area (Å²) in [6, 6.07) is 5.89. The van der Waals surface area contributed by atoms with Gasteiger partial charge in [-0.3, -0.25) is 0 Å². The fourth-order valence-corrected chi connectivity index (χ4v) is 1.04. The lowest BCUT2D eigenvalue weighted by atomic mass is 10.2. The van der Waals surface area contributed by atoms with Crippen LogP contribution in [0, 0.1) is 17.1 Å². The van der Waals surface area contributed by atoms with Gasteiger partial charge in [0.2, 0.25) is 0 Å². The summed E-state index contributed by atoms with van der Waals surface area (Å²) < 4.78 is 18.2. The SMILES string of the molecule is CCC(O)COc1cccc(F)c1C#N. The molecule has 80 valence electrons. The predicted molar refractivity (Wildman–Crippen MR) is 52.9 cm³/mol. The summed E-state index contributed by atoms with van der Waals surface area (Å²) in [5.41, 5.74) is -0.124. The third-order valence-corrected chi connectivity index (χ3v) is 1.99. The largest absolute Gasteiger partial charge is 0.489 e. The maximum Gasteiger partial charge on any atom is 0.144 e. The van der Waals surface area contributed by atoms with Crippen molar-refractivity contribution in [3.8, 4) is 11.8 Å². The summed E-state index contributed by atoms with van der Waals surface area (Å²) in [5, 5.41) is 17.9. The van der Waals surface area contributed by atoms with Crippen molar-refractivity contribution in [2.45, 2.75) is 19.4 Å². The summed E-state index contributed by atoms with van der Waals surface area (Å²) in [4.78, 5) is 0. The molecule has 1 aromatic carbocycles. The predicted octanol–water partition coefficient (Wildman–Crippen LogP) is 1.85. The lowest BCUT2D eigenvalue weighted by Crippen LogP contribution is -2.16. The minimum absolute atomic E-state index is 0.0641. The maximum atomic E-state index is 13.1. The molecule has 0 aliphatic rings. The van der Waals surface area contributed by atoms with Crippen LogP contribution >= 0.6 is 0 Å². The first kappa shape index (κ1) is 11.5. The quantitative estimate of drug-likeness (QED) is 0.823. The molecule has 1 aromatic rings. The summed E-state index contributed by atoms with van der Waals surface area (Å²) in [7, 11) is 0. The highest BCUT2D eigenvalue weighted by atomic mass is 19.1. The van der Waals surface area contributed by atoms with Crippen molar-refractivity contribution >= 4 is 0 Å². The molecule has 0 saturated carbocycles. The van der Waals surface area contributed by atoms with E-state index in [4.69, 9.17) is 10.00 Å². The van der Waals surface area contributed by atoms with Crippen LogP contribution in [-0.2, 0) is 0 Å². The molecule has 0 spiro atoms. The number of hydrogen-bond donors (Lipinski definition) is 1. The Labute approximate surface area is 87.7 Å². The van der Waals surface area contributed by atoms with Crippen molar-refractivity contribution in [1.29, 1.82) is 5.26 Å². The van der Waals surface area contributed by atoms with E-state index in [1.165, 1.54) is 18.2 Å². The smallest absolute Gasteiger partial charge is 0.144 e. The second-order valence-electron chi connectivity index (χ2n) is 3.10. The zero-order chi connectivity index (χ0) is 11.3. The van der Waals surface area contributed by atoms with Crippen LogP contribution in [0.15, 0.2) is 18.2 Å². The van der Waals surface area contributed by atoms with Crippen LogP contribution in [-0.4, -0.2) is 17.8 Å². The molecule has 0 amide bonds. The van der Waals surface area contributed by atoms with E-state index in [-0.39, 0.29) is 17.9 Å². The minimum Gasteiger partial charge on any atom is -0.489 e. The summed E-state index contributed by atoms with van der Waals surface area (Å²) in [5.74, 6) is -0.439. The van der Waals surface area contributed by atoms with Crippen LogP contribution < -0.4 is 4.74 Å². The number of nitriles is 1. The Kier molecular flexibility index (Phi) is 4.07. The summed E-state index contributed by atoms with van der Waals surface area (Å²) in [6.45, 7) is 1.87. The summed E-state index contributed by atoms with van der Waals surface area (Å²) >= 11 is 0. The van der Waals surface area contributed by atoms with Crippen molar-refractivity contribution in [2.75, 3.05) is 6.61 Å². The monoisotopic (exact) mass is 209 g/mol. The standard InChI is InChI=1S/C11H12FNO2/c1-2-8(14)7-15-11-5-3-4-10(12)9(11)6-13/h3-5,8,14H,2,7H2,1H3. The third-order valence-electron chi connectivity index (χ3n) is 1.99. The van der Waals surface area contributed by atoms with E-state index in [0.29, 0.717) is 6.42 Å². The highest BCUT2D eigenvalue weighted by molar-refractivity contribution is 5.43. The number of aliphatic hydroxyl groups is 1. The van der Waals surface area contributed by atoms with Gasteiger partial charge in [-0.25, -0.2) is 4.39 Å². The van der Waals surface area contributed by atoms with Crippen molar-refractivity contribution < 1.29 is 14.2 Å². The molecule has 0 fully saturated rings. The van der Waals surface area contributed by atoms with Crippen LogP contribution in [0.3, 0.4) is 0 Å². The van der Waals surface area contributed by atoms with Crippen molar-refractivity contribution in [3.63, 3.8) is 0 Å². The van der Waals surface area contributed by atoms with Gasteiger partial charge in [0.05, 0.1) is 6.10 Å². The average molecular weight is 209 g/mol. The van der Waals surface area contributed by atoms with Crippen LogP contribution in [0.2, 0.25) is 0 Å². The fraction of sp³-hybridized carbons (Fsp3) is 0.364. The van der Waals surface area contributed by atoms with Gasteiger partial charge in [-0.15, -0.1) is 0 Å². The average Bonchev–Trinajstić information content (AvgIpc) is 2.25. The zero-order valence-corrected chi connectivity index (χ0v) is 8.40. The van der Waals surface area contributed by atoms with Crippen LogP contribution in [0.25, 0.3) is 0 Å². The van der Waals surface area contributed by atoms with Gasteiger partial charge in [-0.1, -0.05) is 13.0 Å². The molecule has 4 heteroatoms. The number of halogens is 1. The lowest BCUT2D eigenvalue weighted by molar-refractivity contribution is 0.104. The molecular formula is C11H12FNO2. The molecule has 3 nitrogen and oxygen atoms in total. The van der Waals surface area contributed by atoms with Crippen LogP contribution in [0.5, 0.6) is 5.75 Å². The zero-order valence-electron chi connectivity index (χ0n) is 8.40. The Balaban J connectivity index is 2.77. The lowest BCUT2D eigenvalue weighted by Gasteiger charge is -2.11. The van der Waals surface area contributed by atoms with E-state index in [1.807, 2.05) is 6.92 Å². The number of aliphatic hydroxyl groups excluding tert-OH is 1. The van der Waals surface area contributed by atoms with Crippen LogP contribution in [0.1, 0.15) is 18.9 Å². The second kappa shape index (κ2) is 5.32. The number of rotatable bonds is 4. The van der Waals surface area contributed by atoms with Crippen LogP contribution in [0.4, 0.5) is 4.39 Å². The van der Waals surface area contributed by atoms with Gasteiger partial charge in [0.15, 0.2) is 0 Å². The molecule has 0 aliphatic carbocycles. The van der Waals surface area contributed by atoms with Crippen molar-refractivity contribution in [3.05, 3.63) is 29.6 Å². The first-order valence-corrected chi connectivity index (χ1v) is 4.68. The highest BCUT2D eigenvalue weighted by Crippen LogP contribution is 2.20. The van der Waals surface area contributed by atoms with Gasteiger partial charge in [0, 0.05) is 0 Å². The Hall–Kier alpha value is -1.60. The number of ether oxygens (including phenoxy) is 1. The van der Waals surface area contributed by atoms with E-state index in [2.05, 4.69) is 0 Å². The van der Waals surface area contributed by atoms with E-state index < -0.39 is 11.9 Å². The first-order chi connectivity index (χ1) is 7.19. The molecule has 1 atom stereocenters. The molecule has 1 rings (SSSR count). The molecule has 0 aliphatic heterocycles. The van der Waals surface area contributed by atoms with Gasteiger partial charge in [-0.05, 0) is 18.6 Å². The van der Waals surface area contributed by atoms with E-state index in [0.717, 1.165) is 0 Å². The van der Waals surface area contributed by atoms with Crippen molar-refractivity contribution in [1.82, 2.24) is 0 Å². The van der Waals surface area contributed by atoms with Gasteiger partial charge in [0.25, 0.3) is 0 Å². The van der Waals surface area contributed by atoms with E-state index in [1.54, 1.807) is 6.07 Å². The van der Waals surface area contributed by atoms with Gasteiger partial charge in [0.1, 0.15) is 29.8 Å². The molecular weight excluding hydrogens is 197 g/mol. The molecule has 0 heterocycles. The molecule has 0 saturated heterocycles. The molecule has 0 bridgehead atoms. The normalized spacial score (nSPS) is 11.9. The molecule has 1 unspecified atom stereocenters. The Morgan fingerprint density at radius 3 is 2.93 bits per heavy atom. The maximum absolute atomic E-state index is 13.1. The number of hydrogen-bond acceptors (Lipinski definition) is 3. The number of nitrogens with zero attached hydrogens (tertiary/aromatic N) is 1. The van der Waals surface area contributed by atoms with E-state index >= 15 is 0 Å².